The van der Waals surface area contributed by atoms with Crippen molar-refractivity contribution in [2.24, 2.45) is 0 Å². The van der Waals surface area contributed by atoms with Crippen molar-refractivity contribution in [2.45, 2.75) is 6.92 Å². The topological polar surface area (TPSA) is 52.7 Å². The van der Waals surface area contributed by atoms with Gasteiger partial charge in [0.2, 0.25) is 5.91 Å². The van der Waals surface area contributed by atoms with Crippen molar-refractivity contribution in [1.29, 1.82) is 0 Å². The van der Waals surface area contributed by atoms with Gasteiger partial charge in [0.15, 0.2) is 0 Å². The number of rotatable bonds is 4. The van der Waals surface area contributed by atoms with Gasteiger partial charge in [-0.05, 0) is 25.1 Å². The number of hydrogen-bond acceptors (Lipinski definition) is 3. The van der Waals surface area contributed by atoms with E-state index in [4.69, 9.17) is 23.2 Å². The first kappa shape index (κ1) is 17.1. The van der Waals surface area contributed by atoms with E-state index in [1.807, 2.05) is 11.8 Å². The van der Waals surface area contributed by atoms with Gasteiger partial charge in [-0.2, -0.15) is 0 Å². The van der Waals surface area contributed by atoms with Crippen molar-refractivity contribution in [3.63, 3.8) is 0 Å². The lowest BCUT2D eigenvalue weighted by Gasteiger charge is -2.34. The minimum absolute atomic E-state index is 0.0167. The molecule has 120 valence electrons. The summed E-state index contributed by atoms with van der Waals surface area (Å²) in [5.74, 6) is -0.0812. The summed E-state index contributed by atoms with van der Waals surface area (Å²) in [4.78, 5) is 27.8. The van der Waals surface area contributed by atoms with Crippen LogP contribution in [0, 0.1) is 0 Å². The molecule has 2 amide bonds. The number of likely N-dealkylation sites (N-methyl/N-ethyl adjacent to an activating group) is 1. The van der Waals surface area contributed by atoms with Crippen molar-refractivity contribution < 1.29 is 9.59 Å². The molecule has 0 aromatic heterocycles. The Balaban J connectivity index is 1.91. The van der Waals surface area contributed by atoms with Gasteiger partial charge in [0.25, 0.3) is 5.91 Å². The number of carbonyl (C=O) groups is 2. The quantitative estimate of drug-likeness (QED) is 0.908. The second-order valence-corrected chi connectivity index (χ2v) is 5.99. The van der Waals surface area contributed by atoms with Crippen molar-refractivity contribution in [1.82, 2.24) is 15.1 Å². The van der Waals surface area contributed by atoms with Crippen molar-refractivity contribution in [2.75, 3.05) is 39.3 Å². The summed E-state index contributed by atoms with van der Waals surface area (Å²) in [6.45, 7) is 5.41. The van der Waals surface area contributed by atoms with E-state index in [1.54, 1.807) is 23.1 Å². The molecule has 22 heavy (non-hydrogen) atoms. The maximum atomic E-state index is 12.5. The van der Waals surface area contributed by atoms with Gasteiger partial charge < -0.3 is 10.2 Å². The molecule has 0 atom stereocenters. The van der Waals surface area contributed by atoms with E-state index in [-0.39, 0.29) is 11.8 Å². The van der Waals surface area contributed by atoms with E-state index in [9.17, 15) is 9.59 Å². The minimum atomic E-state index is -0.0978. The summed E-state index contributed by atoms with van der Waals surface area (Å²) < 4.78 is 0. The molecule has 1 aliphatic rings. The number of piperazine rings is 1. The molecule has 1 aromatic carbocycles. The Morgan fingerprint density at radius 2 is 1.86 bits per heavy atom. The Morgan fingerprint density at radius 3 is 2.45 bits per heavy atom. The first-order valence-corrected chi connectivity index (χ1v) is 8.00. The largest absolute Gasteiger partial charge is 0.355 e. The van der Waals surface area contributed by atoms with Crippen molar-refractivity contribution in [3.05, 3.63) is 33.8 Å². The molecule has 1 aliphatic heterocycles. The lowest BCUT2D eigenvalue weighted by molar-refractivity contribution is -0.122. The number of amides is 2. The van der Waals surface area contributed by atoms with Gasteiger partial charge in [-0.15, -0.1) is 0 Å². The van der Waals surface area contributed by atoms with Gasteiger partial charge in [0.1, 0.15) is 0 Å². The summed E-state index contributed by atoms with van der Waals surface area (Å²) in [6.07, 6.45) is 0. The standard InChI is InChI=1S/C15H19Cl2N3O2/c1-2-18-14(21)10-19-5-7-20(8-6-19)15(22)12-4-3-11(16)9-13(12)17/h3-4,9H,2,5-8,10H2,1H3,(H,18,21). The molecule has 7 heteroatoms. The number of nitrogens with one attached hydrogen (secondary N) is 1. The Hall–Kier alpha value is -1.30. The van der Waals surface area contributed by atoms with E-state index in [0.717, 1.165) is 0 Å². The van der Waals surface area contributed by atoms with Crippen LogP contribution in [-0.4, -0.2) is 60.9 Å². The lowest BCUT2D eigenvalue weighted by atomic mass is 10.1. The monoisotopic (exact) mass is 343 g/mol. The van der Waals surface area contributed by atoms with Gasteiger partial charge in [0, 0.05) is 37.7 Å². The fraction of sp³-hybridized carbons (Fsp3) is 0.467. The molecule has 0 spiro atoms. The highest BCUT2D eigenvalue weighted by atomic mass is 35.5. The molecule has 0 bridgehead atoms. The summed E-state index contributed by atoms with van der Waals surface area (Å²) in [5, 5.41) is 3.65. The highest BCUT2D eigenvalue weighted by Gasteiger charge is 2.24. The highest BCUT2D eigenvalue weighted by molar-refractivity contribution is 6.36. The van der Waals surface area contributed by atoms with Crippen LogP contribution in [-0.2, 0) is 4.79 Å². The molecule has 0 unspecified atom stereocenters. The van der Waals surface area contributed by atoms with Crippen LogP contribution in [0.1, 0.15) is 17.3 Å². The van der Waals surface area contributed by atoms with Crippen LogP contribution in [0.2, 0.25) is 10.0 Å². The van der Waals surface area contributed by atoms with E-state index >= 15 is 0 Å². The van der Waals surface area contributed by atoms with Crippen LogP contribution in [0.5, 0.6) is 0 Å². The predicted molar refractivity (Wildman–Crippen MR) is 87.5 cm³/mol. The second kappa shape index (κ2) is 7.81. The predicted octanol–water partition coefficient (Wildman–Crippen LogP) is 1.89. The third-order valence-corrected chi connectivity index (χ3v) is 4.11. The molecule has 1 fully saturated rings. The van der Waals surface area contributed by atoms with E-state index in [0.29, 0.717) is 54.9 Å². The molecule has 1 saturated heterocycles. The second-order valence-electron chi connectivity index (χ2n) is 5.15. The molecule has 5 nitrogen and oxygen atoms in total. The normalized spacial score (nSPS) is 15.7. The molecule has 0 radical (unpaired) electrons. The maximum Gasteiger partial charge on any atom is 0.255 e. The molecule has 1 N–H and O–H groups in total. The summed E-state index contributed by atoms with van der Waals surface area (Å²) in [5.41, 5.74) is 0.461. The van der Waals surface area contributed by atoms with Crippen LogP contribution in [0.3, 0.4) is 0 Å². The van der Waals surface area contributed by atoms with Crippen LogP contribution in [0.15, 0.2) is 18.2 Å². The summed E-state index contributed by atoms with van der Waals surface area (Å²) >= 11 is 11.9. The number of nitrogens with zero attached hydrogens (tertiary/aromatic N) is 2. The Bertz CT molecular complexity index is 558. The zero-order valence-electron chi connectivity index (χ0n) is 12.4. The van der Waals surface area contributed by atoms with Crippen molar-refractivity contribution in [3.8, 4) is 0 Å². The van der Waals surface area contributed by atoms with Gasteiger partial charge in [-0.1, -0.05) is 23.2 Å². The summed E-state index contributed by atoms with van der Waals surface area (Å²) in [7, 11) is 0. The van der Waals surface area contributed by atoms with Gasteiger partial charge in [-0.3, -0.25) is 14.5 Å². The van der Waals surface area contributed by atoms with Crippen LogP contribution in [0.25, 0.3) is 0 Å². The minimum Gasteiger partial charge on any atom is -0.355 e. The Morgan fingerprint density at radius 1 is 1.18 bits per heavy atom. The molecular formula is C15H19Cl2N3O2. The molecule has 0 aliphatic carbocycles. The van der Waals surface area contributed by atoms with Crippen molar-refractivity contribution >= 4 is 35.0 Å². The van der Waals surface area contributed by atoms with Crippen LogP contribution in [0.4, 0.5) is 0 Å². The summed E-state index contributed by atoms with van der Waals surface area (Å²) in [6, 6.07) is 4.88. The third-order valence-electron chi connectivity index (χ3n) is 3.56. The SMILES string of the molecule is CCNC(=O)CN1CCN(C(=O)c2ccc(Cl)cc2Cl)CC1. The maximum absolute atomic E-state index is 12.5. The molecule has 1 heterocycles. The number of hydrogen-bond donors (Lipinski definition) is 1. The first-order valence-electron chi connectivity index (χ1n) is 7.24. The first-order chi connectivity index (χ1) is 10.5. The van der Waals surface area contributed by atoms with Crippen LogP contribution < -0.4 is 5.32 Å². The molecule has 2 rings (SSSR count). The van der Waals surface area contributed by atoms with Gasteiger partial charge in [0.05, 0.1) is 17.1 Å². The zero-order valence-corrected chi connectivity index (χ0v) is 14.0. The Kier molecular flexibility index (Phi) is 6.06. The number of halogens is 2. The fourth-order valence-electron chi connectivity index (χ4n) is 2.40. The van der Waals surface area contributed by atoms with E-state index in [1.165, 1.54) is 0 Å². The van der Waals surface area contributed by atoms with E-state index < -0.39 is 0 Å². The average Bonchev–Trinajstić information content (AvgIpc) is 2.47. The fourth-order valence-corrected chi connectivity index (χ4v) is 2.89. The molecule has 0 saturated carbocycles. The van der Waals surface area contributed by atoms with Crippen LogP contribution >= 0.6 is 23.2 Å². The number of carbonyl (C=O) groups excluding carboxylic acids is 2. The zero-order chi connectivity index (χ0) is 16.1. The lowest BCUT2D eigenvalue weighted by Crippen LogP contribution is -2.51. The van der Waals surface area contributed by atoms with Gasteiger partial charge >= 0.3 is 0 Å². The van der Waals surface area contributed by atoms with E-state index in [2.05, 4.69) is 5.32 Å². The smallest absolute Gasteiger partial charge is 0.255 e. The van der Waals surface area contributed by atoms with Gasteiger partial charge in [-0.25, -0.2) is 0 Å². The molecule has 1 aromatic rings. The highest BCUT2D eigenvalue weighted by Crippen LogP contribution is 2.22. The Labute approximate surface area is 140 Å². The molecular weight excluding hydrogens is 325 g/mol. The third kappa shape index (κ3) is 4.35. The average molecular weight is 344 g/mol. The number of benzene rings is 1.